The number of nitrogens with one attached hydrogen (secondary N) is 4. The second-order valence-corrected chi connectivity index (χ2v) is 12.8. The molecule has 17 nitrogen and oxygen atoms in total. The third-order valence-corrected chi connectivity index (χ3v) is 8.83. The molecule has 6 rings (SSSR count). The van der Waals surface area contributed by atoms with Crippen LogP contribution in [0.2, 0.25) is 0 Å². The average Bonchev–Trinajstić information content (AvgIpc) is 3.90. The Morgan fingerprint density at radius 2 is 1.78 bits per heavy atom. The second kappa shape index (κ2) is 14.1. The van der Waals surface area contributed by atoms with E-state index in [0.717, 1.165) is 5.56 Å². The van der Waals surface area contributed by atoms with Gasteiger partial charge >= 0.3 is 0 Å². The van der Waals surface area contributed by atoms with Gasteiger partial charge in [0.1, 0.15) is 41.7 Å². The molecular weight excluding hydrogens is 652 g/mol. The number of hydrogen-bond donors (Lipinski definition) is 4. The predicted octanol–water partition coefficient (Wildman–Crippen LogP) is 1.94. The smallest absolute Gasteiger partial charge is 0.291 e. The number of aromatic nitrogens is 8. The van der Waals surface area contributed by atoms with Crippen LogP contribution in [-0.2, 0) is 11.2 Å². The summed E-state index contributed by atoms with van der Waals surface area (Å²) < 4.78 is 7.31. The zero-order valence-corrected chi connectivity index (χ0v) is 27.9. The molecule has 0 unspecified atom stereocenters. The van der Waals surface area contributed by atoms with Crippen molar-refractivity contribution in [1.82, 2.24) is 60.8 Å². The van der Waals surface area contributed by atoms with Crippen LogP contribution in [0, 0.1) is 12.8 Å². The van der Waals surface area contributed by atoms with Crippen molar-refractivity contribution in [3.05, 3.63) is 87.8 Å². The summed E-state index contributed by atoms with van der Waals surface area (Å²) >= 11 is 1.22. The van der Waals surface area contributed by atoms with Crippen LogP contribution in [0.15, 0.2) is 52.8 Å². The Morgan fingerprint density at radius 3 is 2.51 bits per heavy atom. The number of carbonyl (C=O) groups excluding carboxylic acids is 4. The molecule has 4 amide bonds. The van der Waals surface area contributed by atoms with Gasteiger partial charge in [0.25, 0.3) is 23.7 Å². The first-order chi connectivity index (χ1) is 23.5. The monoisotopic (exact) mass is 686 g/mol. The van der Waals surface area contributed by atoms with Crippen molar-refractivity contribution in [3.63, 3.8) is 0 Å². The topological polar surface area (TPSA) is 219 Å². The maximum atomic E-state index is 14.0. The number of aromatic amines is 1. The summed E-state index contributed by atoms with van der Waals surface area (Å²) in [5.74, 6) is -1.94. The van der Waals surface area contributed by atoms with Gasteiger partial charge in [-0.05, 0) is 31.7 Å². The van der Waals surface area contributed by atoms with E-state index in [1.807, 2.05) is 44.2 Å². The zero-order valence-electron chi connectivity index (χ0n) is 27.1. The van der Waals surface area contributed by atoms with Gasteiger partial charge in [0, 0.05) is 11.9 Å². The molecule has 254 valence electrons. The SMILES string of the molecule is Cc1oc2nc1C(=O)N[C@H](C)c1nc(cs1)C(=O)N[C@H](Cc1ccccc1)CN(C(=O)c1nc(-n3cnnc3)n[nH]1)CC(=O)N[C@H]2C(C)C. The van der Waals surface area contributed by atoms with E-state index < -0.39 is 48.3 Å². The van der Waals surface area contributed by atoms with Gasteiger partial charge in [-0.15, -0.1) is 26.6 Å². The maximum absolute atomic E-state index is 14.0. The molecule has 0 saturated carbocycles. The molecule has 5 heterocycles. The van der Waals surface area contributed by atoms with E-state index in [4.69, 9.17) is 4.42 Å². The van der Waals surface area contributed by atoms with Gasteiger partial charge in [0.05, 0.1) is 12.1 Å². The first kappa shape index (κ1) is 33.1. The van der Waals surface area contributed by atoms with Gasteiger partial charge in [0.2, 0.25) is 17.6 Å². The van der Waals surface area contributed by atoms with Crippen LogP contribution in [0.1, 0.15) is 86.7 Å². The summed E-state index contributed by atoms with van der Waals surface area (Å²) in [6, 6.07) is 7.51. The molecule has 0 saturated heterocycles. The molecule has 1 aromatic carbocycles. The van der Waals surface area contributed by atoms with Crippen molar-refractivity contribution < 1.29 is 23.6 Å². The largest absolute Gasteiger partial charge is 0.443 e. The lowest BCUT2D eigenvalue weighted by Gasteiger charge is -2.28. The molecule has 5 aromatic rings. The first-order valence-electron chi connectivity index (χ1n) is 15.5. The van der Waals surface area contributed by atoms with Gasteiger partial charge in [-0.2, -0.15) is 4.98 Å². The average molecular weight is 687 g/mol. The molecule has 0 fully saturated rings. The van der Waals surface area contributed by atoms with Gasteiger partial charge in [0.15, 0.2) is 5.69 Å². The minimum atomic E-state index is -0.729. The second-order valence-electron chi connectivity index (χ2n) is 11.9. The number of benzene rings is 1. The Bertz CT molecular complexity index is 1950. The highest BCUT2D eigenvalue weighted by atomic mass is 32.1. The number of nitrogens with zero attached hydrogens (tertiary/aromatic N) is 8. The molecule has 1 aliphatic rings. The van der Waals surface area contributed by atoms with Crippen molar-refractivity contribution in [1.29, 1.82) is 0 Å². The maximum Gasteiger partial charge on any atom is 0.291 e. The van der Waals surface area contributed by atoms with Gasteiger partial charge < -0.3 is 25.3 Å². The van der Waals surface area contributed by atoms with Crippen LogP contribution in [0.5, 0.6) is 0 Å². The summed E-state index contributed by atoms with van der Waals surface area (Å²) in [4.78, 5) is 69.1. The molecule has 4 aromatic heterocycles. The zero-order chi connectivity index (χ0) is 34.7. The predicted molar refractivity (Wildman–Crippen MR) is 174 cm³/mol. The van der Waals surface area contributed by atoms with Crippen molar-refractivity contribution >= 4 is 35.0 Å². The number of carbonyl (C=O) groups is 4. The summed E-state index contributed by atoms with van der Waals surface area (Å²) in [6.07, 6.45) is 3.09. The summed E-state index contributed by atoms with van der Waals surface area (Å²) in [5, 5.41) is 25.1. The number of H-pyrrole nitrogens is 1. The van der Waals surface area contributed by atoms with Crippen LogP contribution in [0.25, 0.3) is 5.95 Å². The van der Waals surface area contributed by atoms with Gasteiger partial charge in [-0.3, -0.25) is 28.8 Å². The highest BCUT2D eigenvalue weighted by Gasteiger charge is 2.32. The third kappa shape index (κ3) is 7.53. The van der Waals surface area contributed by atoms with Gasteiger partial charge in [-0.1, -0.05) is 44.2 Å². The highest BCUT2D eigenvalue weighted by molar-refractivity contribution is 7.09. The Kier molecular flexibility index (Phi) is 9.56. The first-order valence-corrected chi connectivity index (χ1v) is 16.4. The number of rotatable bonds is 5. The van der Waals surface area contributed by atoms with Gasteiger partial charge in [-0.25, -0.2) is 9.97 Å². The number of amides is 4. The molecular formula is C31H34N12O5S. The minimum absolute atomic E-state index is 0.0622. The van der Waals surface area contributed by atoms with Crippen LogP contribution in [0.3, 0.4) is 0 Å². The molecule has 18 heteroatoms. The Morgan fingerprint density at radius 1 is 1.02 bits per heavy atom. The quantitative estimate of drug-likeness (QED) is 0.209. The van der Waals surface area contributed by atoms with Crippen molar-refractivity contribution in [3.8, 4) is 5.95 Å². The molecule has 1 aliphatic heterocycles. The Balaban J connectivity index is 1.38. The van der Waals surface area contributed by atoms with Crippen LogP contribution >= 0.6 is 11.3 Å². The van der Waals surface area contributed by atoms with E-state index in [2.05, 4.69) is 51.3 Å². The number of thiazole rings is 1. The molecule has 3 atom stereocenters. The molecule has 49 heavy (non-hydrogen) atoms. The normalized spacial score (nSPS) is 19.2. The van der Waals surface area contributed by atoms with E-state index in [1.54, 1.807) is 19.2 Å². The van der Waals surface area contributed by atoms with E-state index in [0.29, 0.717) is 11.4 Å². The molecule has 0 spiro atoms. The Hall–Kier alpha value is -5.78. The molecule has 4 bridgehead atoms. The van der Waals surface area contributed by atoms with Crippen molar-refractivity contribution in [2.24, 2.45) is 5.92 Å². The van der Waals surface area contributed by atoms with Crippen LogP contribution < -0.4 is 16.0 Å². The third-order valence-electron chi connectivity index (χ3n) is 7.80. The number of fused-ring (bicyclic) bond motifs is 4. The van der Waals surface area contributed by atoms with E-state index in [-0.39, 0.29) is 47.3 Å². The van der Waals surface area contributed by atoms with E-state index in [9.17, 15) is 19.2 Å². The lowest BCUT2D eigenvalue weighted by Crippen LogP contribution is -2.50. The van der Waals surface area contributed by atoms with Crippen molar-refractivity contribution in [2.45, 2.75) is 52.2 Å². The minimum Gasteiger partial charge on any atom is -0.443 e. The summed E-state index contributed by atoms with van der Waals surface area (Å²) in [6.45, 7) is 6.61. The lowest BCUT2D eigenvalue weighted by atomic mass is 10.0. The highest BCUT2D eigenvalue weighted by Crippen LogP contribution is 2.25. The summed E-state index contributed by atoms with van der Waals surface area (Å²) in [5.41, 5.74) is 1.10. The molecule has 0 radical (unpaired) electrons. The van der Waals surface area contributed by atoms with E-state index >= 15 is 0 Å². The lowest BCUT2D eigenvalue weighted by molar-refractivity contribution is -0.123. The Labute approximate surface area is 284 Å². The van der Waals surface area contributed by atoms with Crippen LogP contribution in [-0.4, -0.2) is 87.6 Å². The van der Waals surface area contributed by atoms with Crippen molar-refractivity contribution in [2.75, 3.05) is 13.1 Å². The number of aryl methyl sites for hydroxylation is 1. The fourth-order valence-corrected chi connectivity index (χ4v) is 6.11. The standard InChI is InChI=1S/C31H34N12O5S/c1-16(2)23-28-38-24(18(4)48-28)27(46)34-17(3)29-36-21(13-49-29)26(45)35-20(10-19-8-6-5-7-9-19)11-42(12-22(44)37-23)30(47)25-39-31(41-40-25)43-14-32-33-15-43/h5-9,13-17,20,23H,10-12H2,1-4H3,(H,34,46)(H,35,45)(H,37,44)(H,39,40,41)/t17-,20-,23+/m1/s1. The molecule has 4 N–H and O–H groups in total. The molecule has 0 aliphatic carbocycles. The fourth-order valence-electron chi connectivity index (χ4n) is 5.31. The fraction of sp³-hybridized carbons (Fsp3) is 0.355. The van der Waals surface area contributed by atoms with Crippen LogP contribution in [0.4, 0.5) is 0 Å². The van der Waals surface area contributed by atoms with E-state index in [1.165, 1.54) is 33.5 Å². The summed E-state index contributed by atoms with van der Waals surface area (Å²) in [7, 11) is 0. The number of oxazole rings is 1. The number of hydrogen-bond acceptors (Lipinski definition) is 12.